The summed E-state index contributed by atoms with van der Waals surface area (Å²) in [6, 6.07) is 12.5. The Morgan fingerprint density at radius 3 is 2.03 bits per heavy atom. The van der Waals surface area contributed by atoms with Gasteiger partial charge in [-0.1, -0.05) is 64.7 Å². The van der Waals surface area contributed by atoms with E-state index in [-0.39, 0.29) is 11.8 Å². The van der Waals surface area contributed by atoms with E-state index in [1.165, 1.54) is 64.9 Å². The molecule has 0 aliphatic heterocycles. The lowest BCUT2D eigenvalue weighted by Crippen LogP contribution is -2.25. The highest BCUT2D eigenvalue weighted by Gasteiger charge is 2.13. The fraction of sp³-hybridized carbons (Fsp3) is 0.533. The zero-order chi connectivity index (χ0) is 26.7. The topological polar surface area (TPSA) is 79.5 Å². The monoisotopic (exact) mass is 527 g/mol. The number of thioether (sulfide) groups is 1. The Hall–Kier alpha value is -2.67. The van der Waals surface area contributed by atoms with E-state index in [9.17, 15) is 9.59 Å². The molecule has 0 unspecified atom stereocenters. The van der Waals surface area contributed by atoms with Gasteiger partial charge in [0.1, 0.15) is 5.75 Å². The van der Waals surface area contributed by atoms with Gasteiger partial charge in [0.15, 0.2) is 0 Å². The van der Waals surface area contributed by atoms with Gasteiger partial charge in [-0.15, -0.1) is 0 Å². The Bertz CT molecular complexity index is 934. The molecule has 6 nitrogen and oxygen atoms in total. The number of hydrogen-bond donors (Lipinski definition) is 3. The normalized spacial score (nSPS) is 10.7. The SMILES string of the molecule is CCCCCCCCCCCCNc1ccc(C(=O)Nc2cc(C(=O)NCCSC)ccc2OC)cc1. The van der Waals surface area contributed by atoms with E-state index >= 15 is 0 Å². The van der Waals surface area contributed by atoms with E-state index in [1.807, 2.05) is 30.5 Å². The number of hydrogen-bond acceptors (Lipinski definition) is 5. The lowest BCUT2D eigenvalue weighted by molar-refractivity contribution is 0.0954. The Morgan fingerprint density at radius 2 is 1.41 bits per heavy atom. The third kappa shape index (κ3) is 11.9. The van der Waals surface area contributed by atoms with E-state index in [2.05, 4.69) is 22.9 Å². The third-order valence-electron chi connectivity index (χ3n) is 6.31. The summed E-state index contributed by atoms with van der Waals surface area (Å²) in [6.45, 7) is 3.79. The zero-order valence-electron chi connectivity index (χ0n) is 22.9. The standard InChI is InChI=1S/C30H45N3O3S/c1-4-5-6-7-8-9-10-11-12-13-20-31-26-17-14-24(15-18-26)30(35)33-27-23-25(16-19-28(27)36-2)29(34)32-21-22-37-3/h14-19,23,31H,4-13,20-22H2,1-3H3,(H,32,34)(H,33,35). The van der Waals surface area contributed by atoms with E-state index in [1.54, 1.807) is 30.0 Å². The molecule has 0 fully saturated rings. The summed E-state index contributed by atoms with van der Waals surface area (Å²) in [6.07, 6.45) is 15.2. The maximum Gasteiger partial charge on any atom is 0.255 e. The van der Waals surface area contributed by atoms with Crippen molar-refractivity contribution in [1.82, 2.24) is 5.32 Å². The van der Waals surface area contributed by atoms with Crippen LogP contribution in [0.5, 0.6) is 5.75 Å². The van der Waals surface area contributed by atoms with Gasteiger partial charge in [0.25, 0.3) is 11.8 Å². The molecule has 2 aromatic carbocycles. The number of carbonyl (C=O) groups excluding carboxylic acids is 2. The number of rotatable bonds is 19. The van der Waals surface area contributed by atoms with Crippen LogP contribution in [0.15, 0.2) is 42.5 Å². The smallest absolute Gasteiger partial charge is 0.255 e. The summed E-state index contributed by atoms with van der Waals surface area (Å²) in [5.74, 6) is 0.920. The number of unbranched alkanes of at least 4 members (excludes halogenated alkanes) is 9. The van der Waals surface area contributed by atoms with E-state index in [0.29, 0.717) is 29.1 Å². The Kier molecular flexibility index (Phi) is 15.3. The molecule has 2 aromatic rings. The summed E-state index contributed by atoms with van der Waals surface area (Å²) in [7, 11) is 1.54. The first-order valence-corrected chi connectivity index (χ1v) is 15.1. The molecule has 0 aliphatic carbocycles. The number of methoxy groups -OCH3 is 1. The Balaban J connectivity index is 1.76. The molecule has 0 radical (unpaired) electrons. The van der Waals surface area contributed by atoms with Crippen molar-refractivity contribution < 1.29 is 14.3 Å². The number of amides is 2. The Labute approximate surface area is 227 Å². The van der Waals surface area contributed by atoms with Gasteiger partial charge in [-0.25, -0.2) is 0 Å². The van der Waals surface area contributed by atoms with Crippen molar-refractivity contribution in [3.05, 3.63) is 53.6 Å². The first-order valence-electron chi connectivity index (χ1n) is 13.7. The summed E-state index contributed by atoms with van der Waals surface area (Å²) in [5.41, 5.74) is 2.49. The summed E-state index contributed by atoms with van der Waals surface area (Å²) in [5, 5.41) is 9.21. The van der Waals surface area contributed by atoms with Crippen molar-refractivity contribution in [3.63, 3.8) is 0 Å². The van der Waals surface area contributed by atoms with E-state index < -0.39 is 0 Å². The van der Waals surface area contributed by atoms with Crippen LogP contribution in [-0.4, -0.2) is 44.0 Å². The molecule has 0 bridgehead atoms. The molecule has 2 rings (SSSR count). The largest absolute Gasteiger partial charge is 0.495 e. The number of ether oxygens (including phenoxy) is 1. The van der Waals surface area contributed by atoms with E-state index in [0.717, 1.165) is 24.4 Å². The number of nitrogens with one attached hydrogen (secondary N) is 3. The molecular formula is C30H45N3O3S. The lowest BCUT2D eigenvalue weighted by atomic mass is 10.1. The molecule has 0 atom stereocenters. The number of benzene rings is 2. The molecule has 2 amide bonds. The molecular weight excluding hydrogens is 482 g/mol. The highest BCUT2D eigenvalue weighted by molar-refractivity contribution is 7.98. The second kappa shape index (κ2) is 18.6. The van der Waals surface area contributed by atoms with Gasteiger partial charge in [0.05, 0.1) is 12.8 Å². The lowest BCUT2D eigenvalue weighted by Gasteiger charge is -2.13. The molecule has 0 spiro atoms. The second-order valence-electron chi connectivity index (χ2n) is 9.30. The molecule has 0 aliphatic rings. The minimum Gasteiger partial charge on any atom is -0.495 e. The van der Waals surface area contributed by atoms with Crippen LogP contribution in [0.3, 0.4) is 0 Å². The predicted molar refractivity (Wildman–Crippen MR) is 158 cm³/mol. The van der Waals surface area contributed by atoms with Gasteiger partial charge in [0.2, 0.25) is 0 Å². The van der Waals surface area contributed by atoms with Crippen molar-refractivity contribution in [2.75, 3.05) is 42.8 Å². The van der Waals surface area contributed by atoms with Crippen molar-refractivity contribution in [1.29, 1.82) is 0 Å². The van der Waals surface area contributed by atoms with Gasteiger partial charge < -0.3 is 20.7 Å². The van der Waals surface area contributed by atoms with Crippen LogP contribution in [0.2, 0.25) is 0 Å². The van der Waals surface area contributed by atoms with E-state index in [4.69, 9.17) is 4.74 Å². The molecule has 0 saturated heterocycles. The van der Waals surface area contributed by atoms with Crippen LogP contribution in [0.4, 0.5) is 11.4 Å². The first-order chi connectivity index (χ1) is 18.1. The van der Waals surface area contributed by atoms with Crippen LogP contribution < -0.4 is 20.7 Å². The average molecular weight is 528 g/mol. The van der Waals surface area contributed by atoms with Crippen molar-refractivity contribution in [3.8, 4) is 5.75 Å². The number of carbonyl (C=O) groups is 2. The van der Waals surface area contributed by atoms with Crippen molar-refractivity contribution >= 4 is 35.0 Å². The van der Waals surface area contributed by atoms with Crippen molar-refractivity contribution in [2.45, 2.75) is 71.1 Å². The molecule has 7 heteroatoms. The predicted octanol–water partition coefficient (Wildman–Crippen LogP) is 7.37. The Morgan fingerprint density at radius 1 is 0.784 bits per heavy atom. The van der Waals surface area contributed by atoms with Crippen molar-refractivity contribution in [2.24, 2.45) is 0 Å². The molecule has 0 aromatic heterocycles. The molecule has 37 heavy (non-hydrogen) atoms. The van der Waals surface area contributed by atoms with Crippen LogP contribution in [0.1, 0.15) is 91.8 Å². The van der Waals surface area contributed by atoms with Gasteiger partial charge in [0, 0.05) is 35.7 Å². The molecule has 3 N–H and O–H groups in total. The minimum absolute atomic E-state index is 0.176. The zero-order valence-corrected chi connectivity index (χ0v) is 23.7. The molecule has 0 heterocycles. The highest BCUT2D eigenvalue weighted by atomic mass is 32.2. The minimum atomic E-state index is -0.250. The summed E-state index contributed by atoms with van der Waals surface area (Å²) in [4.78, 5) is 25.3. The van der Waals surface area contributed by atoms with Gasteiger partial charge in [-0.2, -0.15) is 11.8 Å². The maximum absolute atomic E-state index is 12.9. The van der Waals surface area contributed by atoms with Gasteiger partial charge in [-0.3, -0.25) is 9.59 Å². The quantitative estimate of drug-likeness (QED) is 0.166. The number of anilines is 2. The molecule has 204 valence electrons. The maximum atomic E-state index is 12.9. The van der Waals surface area contributed by atoms with Crippen LogP contribution >= 0.6 is 11.8 Å². The van der Waals surface area contributed by atoms with Crippen LogP contribution in [0.25, 0.3) is 0 Å². The van der Waals surface area contributed by atoms with Crippen LogP contribution in [0, 0.1) is 0 Å². The highest BCUT2D eigenvalue weighted by Crippen LogP contribution is 2.26. The summed E-state index contributed by atoms with van der Waals surface area (Å²) < 4.78 is 5.38. The summed E-state index contributed by atoms with van der Waals surface area (Å²) >= 11 is 1.67. The fourth-order valence-corrected chi connectivity index (χ4v) is 4.40. The first kappa shape index (κ1) is 30.6. The van der Waals surface area contributed by atoms with Gasteiger partial charge in [-0.05, 0) is 55.1 Å². The second-order valence-corrected chi connectivity index (χ2v) is 10.3. The van der Waals surface area contributed by atoms with Gasteiger partial charge >= 0.3 is 0 Å². The third-order valence-corrected chi connectivity index (χ3v) is 6.92. The fourth-order valence-electron chi connectivity index (χ4n) is 4.09. The molecule has 0 saturated carbocycles. The van der Waals surface area contributed by atoms with Crippen LogP contribution in [-0.2, 0) is 0 Å². The average Bonchev–Trinajstić information content (AvgIpc) is 2.92.